The maximum Gasteiger partial charge on any atom is 0.261 e. The summed E-state index contributed by atoms with van der Waals surface area (Å²) in [4.78, 5) is 12.8. The van der Waals surface area contributed by atoms with E-state index in [0.29, 0.717) is 28.9 Å². The van der Waals surface area contributed by atoms with Gasteiger partial charge in [0.2, 0.25) is 0 Å². The monoisotopic (exact) mass is 419 g/mol. The highest BCUT2D eigenvalue weighted by Gasteiger charge is 2.16. The summed E-state index contributed by atoms with van der Waals surface area (Å²) in [7, 11) is -3.77. The molecule has 2 N–H and O–H groups in total. The lowest BCUT2D eigenvalue weighted by atomic mass is 10.1. The van der Waals surface area contributed by atoms with Crippen LogP contribution in [-0.2, 0) is 16.4 Å². The lowest BCUT2D eigenvalue weighted by molar-refractivity contribution is 0.102. The van der Waals surface area contributed by atoms with E-state index < -0.39 is 10.0 Å². The molecule has 0 saturated heterocycles. The summed E-state index contributed by atoms with van der Waals surface area (Å²) in [5.74, 6) is -0.362. The summed E-state index contributed by atoms with van der Waals surface area (Å²) in [6, 6.07) is 20.4. The minimum absolute atomic E-state index is 0.153. The molecule has 6 nitrogen and oxygen atoms in total. The molecule has 0 unspecified atom stereocenters. The zero-order valence-corrected chi connectivity index (χ0v) is 17.5. The first-order valence-corrected chi connectivity index (χ1v) is 10.7. The fraction of sp³-hybridized carbons (Fsp3) is 0.130. The lowest BCUT2D eigenvalue weighted by Crippen LogP contribution is -2.16. The van der Waals surface area contributed by atoms with E-state index in [1.165, 1.54) is 6.07 Å². The van der Waals surface area contributed by atoms with Gasteiger partial charge < -0.3 is 5.32 Å². The number of hydrogen-bond donors (Lipinski definition) is 2. The molecule has 0 aliphatic carbocycles. The van der Waals surface area contributed by atoms with Crippen molar-refractivity contribution in [2.45, 2.75) is 25.2 Å². The summed E-state index contributed by atoms with van der Waals surface area (Å²) < 4.78 is 27.9. The van der Waals surface area contributed by atoms with Gasteiger partial charge in [0.1, 0.15) is 0 Å². The maximum atomic E-state index is 12.7. The van der Waals surface area contributed by atoms with Crippen LogP contribution >= 0.6 is 0 Å². The molecule has 0 aromatic heterocycles. The molecular formula is C23H21N3O3S. The van der Waals surface area contributed by atoms with E-state index in [1.54, 1.807) is 67.6 Å². The Morgan fingerprint density at radius 2 is 1.63 bits per heavy atom. The maximum absolute atomic E-state index is 12.7. The third kappa shape index (κ3) is 5.04. The van der Waals surface area contributed by atoms with Crippen molar-refractivity contribution in [3.8, 4) is 6.07 Å². The van der Waals surface area contributed by atoms with Crippen molar-refractivity contribution >= 4 is 27.3 Å². The summed E-state index contributed by atoms with van der Waals surface area (Å²) in [5, 5.41) is 11.5. The molecule has 0 spiro atoms. The second kappa shape index (κ2) is 8.80. The van der Waals surface area contributed by atoms with Gasteiger partial charge in [0.05, 0.1) is 23.1 Å². The van der Waals surface area contributed by atoms with Gasteiger partial charge in [-0.2, -0.15) is 5.26 Å². The molecule has 0 heterocycles. The highest BCUT2D eigenvalue weighted by Crippen LogP contribution is 2.22. The van der Waals surface area contributed by atoms with E-state index in [2.05, 4.69) is 16.1 Å². The van der Waals surface area contributed by atoms with Gasteiger partial charge in [0.15, 0.2) is 0 Å². The van der Waals surface area contributed by atoms with E-state index in [1.807, 2.05) is 6.92 Å². The van der Waals surface area contributed by atoms with Crippen LogP contribution in [0.15, 0.2) is 71.6 Å². The van der Waals surface area contributed by atoms with Gasteiger partial charge in [0.25, 0.3) is 15.9 Å². The van der Waals surface area contributed by atoms with Gasteiger partial charge in [0, 0.05) is 11.3 Å². The van der Waals surface area contributed by atoms with E-state index in [0.717, 1.165) is 11.1 Å². The first-order chi connectivity index (χ1) is 14.3. The minimum atomic E-state index is -3.77. The number of carbonyl (C=O) groups is 1. The standard InChI is InChI=1S/C23H21N3O3S/c1-16-3-11-21(12-4-16)30(28,29)26-22-15-19(8-5-17(22)2)23(27)25-20-9-6-18(7-10-20)13-14-24/h3-12,15,26H,13H2,1-2H3,(H,25,27). The number of carbonyl (C=O) groups excluding carboxylic acids is 1. The minimum Gasteiger partial charge on any atom is -0.322 e. The molecule has 0 saturated carbocycles. The molecule has 30 heavy (non-hydrogen) atoms. The molecule has 1 amide bonds. The van der Waals surface area contributed by atoms with Crippen molar-refractivity contribution in [1.82, 2.24) is 0 Å². The highest BCUT2D eigenvalue weighted by molar-refractivity contribution is 7.92. The largest absolute Gasteiger partial charge is 0.322 e. The van der Waals surface area contributed by atoms with Crippen LogP contribution in [0.5, 0.6) is 0 Å². The predicted molar refractivity (Wildman–Crippen MR) is 117 cm³/mol. The summed E-state index contributed by atoms with van der Waals surface area (Å²) in [6.07, 6.45) is 0.302. The molecule has 3 rings (SSSR count). The number of aryl methyl sites for hydroxylation is 2. The third-order valence-corrected chi connectivity index (χ3v) is 5.95. The average molecular weight is 420 g/mol. The molecule has 0 fully saturated rings. The van der Waals surface area contributed by atoms with E-state index in [-0.39, 0.29) is 10.8 Å². The van der Waals surface area contributed by atoms with Crippen LogP contribution in [-0.4, -0.2) is 14.3 Å². The fourth-order valence-electron chi connectivity index (χ4n) is 2.79. The Balaban J connectivity index is 1.79. The van der Waals surface area contributed by atoms with Crippen molar-refractivity contribution in [1.29, 1.82) is 5.26 Å². The molecule has 152 valence electrons. The number of amides is 1. The molecule has 3 aromatic rings. The Morgan fingerprint density at radius 3 is 2.27 bits per heavy atom. The summed E-state index contributed by atoms with van der Waals surface area (Å²) in [5.41, 5.74) is 3.77. The Morgan fingerprint density at radius 1 is 0.967 bits per heavy atom. The number of rotatable bonds is 6. The summed E-state index contributed by atoms with van der Waals surface area (Å²) in [6.45, 7) is 3.65. The van der Waals surface area contributed by atoms with Gasteiger partial charge >= 0.3 is 0 Å². The fourth-order valence-corrected chi connectivity index (χ4v) is 3.92. The van der Waals surface area contributed by atoms with Crippen LogP contribution in [0.4, 0.5) is 11.4 Å². The van der Waals surface area contributed by atoms with E-state index in [4.69, 9.17) is 5.26 Å². The number of nitrogens with zero attached hydrogens (tertiary/aromatic N) is 1. The lowest BCUT2D eigenvalue weighted by Gasteiger charge is -2.13. The van der Waals surface area contributed by atoms with Crippen LogP contribution in [0.1, 0.15) is 27.0 Å². The molecule has 0 aliphatic heterocycles. The van der Waals surface area contributed by atoms with Gasteiger partial charge in [-0.25, -0.2) is 8.42 Å². The van der Waals surface area contributed by atoms with E-state index in [9.17, 15) is 13.2 Å². The zero-order chi connectivity index (χ0) is 21.7. The van der Waals surface area contributed by atoms with Gasteiger partial charge in [-0.15, -0.1) is 0 Å². The van der Waals surface area contributed by atoms with Crippen molar-refractivity contribution in [2.24, 2.45) is 0 Å². The molecule has 3 aromatic carbocycles. The second-order valence-corrected chi connectivity index (χ2v) is 8.62. The smallest absolute Gasteiger partial charge is 0.261 e. The molecule has 0 radical (unpaired) electrons. The SMILES string of the molecule is Cc1ccc(S(=O)(=O)Nc2cc(C(=O)Nc3ccc(CC#N)cc3)ccc2C)cc1. The number of benzene rings is 3. The molecular weight excluding hydrogens is 398 g/mol. The Hall–Kier alpha value is -3.63. The first kappa shape index (κ1) is 21.1. The van der Waals surface area contributed by atoms with E-state index >= 15 is 0 Å². The van der Waals surface area contributed by atoms with Crippen LogP contribution < -0.4 is 10.0 Å². The Bertz CT molecular complexity index is 1210. The quantitative estimate of drug-likeness (QED) is 0.618. The van der Waals surface area contributed by atoms with Crippen LogP contribution in [0.3, 0.4) is 0 Å². The molecule has 0 aliphatic rings. The van der Waals surface area contributed by atoms with Crippen LogP contribution in [0, 0.1) is 25.2 Å². The van der Waals surface area contributed by atoms with Crippen LogP contribution in [0.25, 0.3) is 0 Å². The zero-order valence-electron chi connectivity index (χ0n) is 16.6. The van der Waals surface area contributed by atoms with Crippen LogP contribution in [0.2, 0.25) is 0 Å². The highest BCUT2D eigenvalue weighted by atomic mass is 32.2. The number of hydrogen-bond acceptors (Lipinski definition) is 4. The topological polar surface area (TPSA) is 99.1 Å². The van der Waals surface area contributed by atoms with Crippen molar-refractivity contribution < 1.29 is 13.2 Å². The Labute approximate surface area is 176 Å². The third-order valence-electron chi connectivity index (χ3n) is 4.57. The number of anilines is 2. The predicted octanol–water partition coefficient (Wildman–Crippen LogP) is 4.42. The normalized spacial score (nSPS) is 10.8. The van der Waals surface area contributed by atoms with Crippen molar-refractivity contribution in [3.63, 3.8) is 0 Å². The van der Waals surface area contributed by atoms with Gasteiger partial charge in [-0.1, -0.05) is 35.9 Å². The van der Waals surface area contributed by atoms with Crippen molar-refractivity contribution in [2.75, 3.05) is 10.0 Å². The first-order valence-electron chi connectivity index (χ1n) is 9.26. The molecule has 0 atom stereocenters. The van der Waals surface area contributed by atoms with Gasteiger partial charge in [-0.3, -0.25) is 9.52 Å². The average Bonchev–Trinajstić information content (AvgIpc) is 2.71. The summed E-state index contributed by atoms with van der Waals surface area (Å²) >= 11 is 0. The second-order valence-electron chi connectivity index (χ2n) is 6.93. The number of nitrogens with one attached hydrogen (secondary N) is 2. The molecule has 0 bridgehead atoms. The van der Waals surface area contributed by atoms with Gasteiger partial charge in [-0.05, 0) is 61.4 Å². The number of nitriles is 1. The Kier molecular flexibility index (Phi) is 6.19. The van der Waals surface area contributed by atoms with Crippen molar-refractivity contribution in [3.05, 3.63) is 89.0 Å². The molecule has 7 heteroatoms. The number of sulfonamides is 1.